The molecule has 0 aromatic heterocycles. The zero-order valence-corrected chi connectivity index (χ0v) is 23.8. The van der Waals surface area contributed by atoms with Crippen LogP contribution >= 0.6 is 0 Å². The van der Waals surface area contributed by atoms with Crippen LogP contribution in [0.1, 0.15) is 48.0 Å². The molecule has 0 saturated carbocycles. The second kappa shape index (κ2) is 17.6. The Morgan fingerprint density at radius 2 is 1.12 bits per heavy atom. The molecule has 0 radical (unpaired) electrons. The van der Waals surface area contributed by atoms with E-state index in [1.807, 2.05) is 0 Å². The van der Waals surface area contributed by atoms with Gasteiger partial charge in [-0.25, -0.2) is 14.4 Å². The molecule has 0 aliphatic heterocycles. The first kappa shape index (κ1) is 32.3. The number of esters is 4. The summed E-state index contributed by atoms with van der Waals surface area (Å²) in [5.74, 6) is -0.218. The fourth-order valence-corrected chi connectivity index (χ4v) is 3.72. The average Bonchev–Trinajstić information content (AvgIpc) is 3.03. The number of carbonyl (C=O) groups is 4. The van der Waals surface area contributed by atoms with Gasteiger partial charge < -0.3 is 23.7 Å². The number of hydrogen-bond acceptors (Lipinski definition) is 9. The van der Waals surface area contributed by atoms with Crippen molar-refractivity contribution in [1.29, 1.82) is 0 Å². The number of carbonyl (C=O) groups excluding carboxylic acids is 4. The first-order chi connectivity index (χ1) is 20.9. The van der Waals surface area contributed by atoms with E-state index in [9.17, 15) is 19.2 Å². The lowest BCUT2D eigenvalue weighted by Crippen LogP contribution is -2.10. The van der Waals surface area contributed by atoms with Crippen molar-refractivity contribution in [3.63, 3.8) is 0 Å². The van der Waals surface area contributed by atoms with Crippen LogP contribution in [0.2, 0.25) is 0 Å². The average molecular weight is 587 g/mol. The van der Waals surface area contributed by atoms with Gasteiger partial charge in [-0.05, 0) is 98.3 Å². The van der Waals surface area contributed by atoms with Gasteiger partial charge in [0.2, 0.25) is 0 Å². The predicted molar refractivity (Wildman–Crippen MR) is 159 cm³/mol. The standard InChI is InChI=1S/C34H34O9/c1-3-31(35)40-24-8-6-5-7-23-39-27-16-12-26(13-17-27)34(38)43-30-20-18-29(19-21-30)42-33(37)22-11-25-9-14-28(15-10-25)41-32(36)4-2/h3-4,9-10,12-21H,1-2,5-8,11,22-24H2. The van der Waals surface area contributed by atoms with Gasteiger partial charge in [0.15, 0.2) is 0 Å². The smallest absolute Gasteiger partial charge is 0.343 e. The van der Waals surface area contributed by atoms with E-state index in [1.165, 1.54) is 0 Å². The molecule has 3 rings (SSSR count). The fraction of sp³-hybridized carbons (Fsp3) is 0.235. The van der Waals surface area contributed by atoms with Gasteiger partial charge in [0.05, 0.1) is 18.8 Å². The van der Waals surface area contributed by atoms with Crippen molar-refractivity contribution >= 4 is 23.9 Å². The first-order valence-electron chi connectivity index (χ1n) is 13.8. The summed E-state index contributed by atoms with van der Waals surface area (Å²) in [5, 5.41) is 0. The Labute approximate surface area is 250 Å². The van der Waals surface area contributed by atoms with Crippen LogP contribution in [0, 0.1) is 0 Å². The monoisotopic (exact) mass is 586 g/mol. The Bertz CT molecular complexity index is 1370. The van der Waals surface area contributed by atoms with E-state index in [0.29, 0.717) is 48.2 Å². The summed E-state index contributed by atoms with van der Waals surface area (Å²) in [7, 11) is 0. The Morgan fingerprint density at radius 1 is 0.581 bits per heavy atom. The van der Waals surface area contributed by atoms with E-state index in [1.54, 1.807) is 72.8 Å². The van der Waals surface area contributed by atoms with Crippen molar-refractivity contribution in [2.75, 3.05) is 13.2 Å². The molecule has 0 N–H and O–H groups in total. The maximum absolute atomic E-state index is 12.5. The molecule has 224 valence electrons. The molecule has 0 saturated heterocycles. The van der Waals surface area contributed by atoms with Crippen LogP contribution in [0.15, 0.2) is 98.1 Å². The minimum Gasteiger partial charge on any atom is -0.494 e. The third-order valence-electron chi connectivity index (χ3n) is 6.00. The molecule has 0 unspecified atom stereocenters. The molecule has 0 aliphatic rings. The zero-order chi connectivity index (χ0) is 30.9. The van der Waals surface area contributed by atoms with Gasteiger partial charge >= 0.3 is 23.9 Å². The van der Waals surface area contributed by atoms with E-state index in [4.69, 9.17) is 23.7 Å². The molecule has 3 aromatic rings. The topological polar surface area (TPSA) is 114 Å². The molecule has 0 amide bonds. The second-order valence-electron chi connectivity index (χ2n) is 9.26. The van der Waals surface area contributed by atoms with Gasteiger partial charge in [-0.1, -0.05) is 25.3 Å². The molecule has 0 atom stereocenters. The summed E-state index contributed by atoms with van der Waals surface area (Å²) in [6.45, 7) is 7.63. The van der Waals surface area contributed by atoms with Crippen LogP contribution in [-0.4, -0.2) is 37.1 Å². The van der Waals surface area contributed by atoms with Gasteiger partial charge in [0.1, 0.15) is 23.0 Å². The molecule has 0 bridgehead atoms. The maximum Gasteiger partial charge on any atom is 0.343 e. The normalized spacial score (nSPS) is 10.2. The Hall–Kier alpha value is -5.18. The highest BCUT2D eigenvalue weighted by Gasteiger charge is 2.11. The fourth-order valence-electron chi connectivity index (χ4n) is 3.72. The molecule has 0 fully saturated rings. The lowest BCUT2D eigenvalue weighted by atomic mass is 10.1. The largest absolute Gasteiger partial charge is 0.494 e. The summed E-state index contributed by atoms with van der Waals surface area (Å²) < 4.78 is 26.5. The summed E-state index contributed by atoms with van der Waals surface area (Å²) >= 11 is 0. The highest BCUT2D eigenvalue weighted by molar-refractivity contribution is 5.91. The predicted octanol–water partition coefficient (Wildman–Crippen LogP) is 6.20. The number of aryl methyl sites for hydroxylation is 1. The van der Waals surface area contributed by atoms with Crippen LogP contribution in [-0.2, 0) is 25.5 Å². The molecule has 9 nitrogen and oxygen atoms in total. The molecule has 43 heavy (non-hydrogen) atoms. The zero-order valence-electron chi connectivity index (χ0n) is 23.8. The van der Waals surface area contributed by atoms with E-state index in [-0.39, 0.29) is 6.42 Å². The third kappa shape index (κ3) is 12.1. The Kier molecular flexibility index (Phi) is 13.2. The summed E-state index contributed by atoms with van der Waals surface area (Å²) in [5.41, 5.74) is 1.25. The van der Waals surface area contributed by atoms with Crippen molar-refractivity contribution in [1.82, 2.24) is 0 Å². The van der Waals surface area contributed by atoms with E-state index < -0.39 is 23.9 Å². The quantitative estimate of drug-likeness (QED) is 0.0789. The highest BCUT2D eigenvalue weighted by atomic mass is 16.5. The summed E-state index contributed by atoms with van der Waals surface area (Å²) in [6.07, 6.45) is 6.35. The van der Waals surface area contributed by atoms with Gasteiger partial charge in [0, 0.05) is 18.6 Å². The number of benzene rings is 3. The molecular formula is C34H34O9. The van der Waals surface area contributed by atoms with Crippen molar-refractivity contribution in [2.24, 2.45) is 0 Å². The molecule has 0 heterocycles. The van der Waals surface area contributed by atoms with Crippen molar-refractivity contribution in [3.05, 3.63) is 109 Å². The van der Waals surface area contributed by atoms with Gasteiger partial charge in [0.25, 0.3) is 0 Å². The highest BCUT2D eigenvalue weighted by Crippen LogP contribution is 2.21. The third-order valence-corrected chi connectivity index (χ3v) is 6.00. The van der Waals surface area contributed by atoms with Crippen LogP contribution < -0.4 is 18.9 Å². The van der Waals surface area contributed by atoms with Crippen LogP contribution in [0.4, 0.5) is 0 Å². The Balaban J connectivity index is 1.34. The minimum absolute atomic E-state index is 0.150. The number of unbranched alkanes of at least 4 members (excludes halogenated alkanes) is 3. The molecule has 3 aromatic carbocycles. The van der Waals surface area contributed by atoms with Gasteiger partial charge in [-0.15, -0.1) is 0 Å². The van der Waals surface area contributed by atoms with E-state index in [2.05, 4.69) is 13.2 Å². The summed E-state index contributed by atoms with van der Waals surface area (Å²) in [4.78, 5) is 47.0. The minimum atomic E-state index is -0.542. The first-order valence-corrected chi connectivity index (χ1v) is 13.8. The molecule has 9 heteroatoms. The number of rotatable bonds is 17. The second-order valence-corrected chi connectivity index (χ2v) is 9.26. The van der Waals surface area contributed by atoms with Crippen LogP contribution in [0.3, 0.4) is 0 Å². The lowest BCUT2D eigenvalue weighted by Gasteiger charge is -2.09. The van der Waals surface area contributed by atoms with Crippen LogP contribution in [0.25, 0.3) is 0 Å². The van der Waals surface area contributed by atoms with Crippen molar-refractivity contribution in [3.8, 4) is 23.0 Å². The summed E-state index contributed by atoms with van der Waals surface area (Å²) in [6, 6.07) is 19.7. The van der Waals surface area contributed by atoms with Gasteiger partial charge in [-0.2, -0.15) is 0 Å². The van der Waals surface area contributed by atoms with Crippen LogP contribution in [0.5, 0.6) is 23.0 Å². The molecular weight excluding hydrogens is 552 g/mol. The lowest BCUT2D eigenvalue weighted by molar-refractivity contribution is -0.138. The molecule has 0 spiro atoms. The number of ether oxygens (including phenoxy) is 5. The van der Waals surface area contributed by atoms with Crippen molar-refractivity contribution in [2.45, 2.75) is 38.5 Å². The SMILES string of the molecule is C=CC(=O)OCCCCCCOc1ccc(C(=O)Oc2ccc(OC(=O)CCc3ccc(OC(=O)C=C)cc3)cc2)cc1. The molecule has 0 aliphatic carbocycles. The van der Waals surface area contributed by atoms with E-state index >= 15 is 0 Å². The Morgan fingerprint density at radius 3 is 1.74 bits per heavy atom. The maximum atomic E-state index is 12.5. The van der Waals surface area contributed by atoms with E-state index in [0.717, 1.165) is 43.4 Å². The van der Waals surface area contributed by atoms with Crippen molar-refractivity contribution < 1.29 is 42.9 Å². The number of hydrogen-bond donors (Lipinski definition) is 0. The van der Waals surface area contributed by atoms with Gasteiger partial charge in [-0.3, -0.25) is 4.79 Å².